The summed E-state index contributed by atoms with van der Waals surface area (Å²) < 4.78 is 0. The third-order valence-electron chi connectivity index (χ3n) is 2.36. The Kier molecular flexibility index (Phi) is 5.05. The van der Waals surface area contributed by atoms with Crippen LogP contribution in [0.25, 0.3) is 0 Å². The van der Waals surface area contributed by atoms with E-state index in [4.69, 9.17) is 0 Å². The van der Waals surface area contributed by atoms with Gasteiger partial charge in [0.2, 0.25) is 0 Å². The van der Waals surface area contributed by atoms with Crippen molar-refractivity contribution in [2.45, 2.75) is 26.8 Å². The summed E-state index contributed by atoms with van der Waals surface area (Å²) in [5, 5.41) is 0. The van der Waals surface area contributed by atoms with Gasteiger partial charge in [-0.3, -0.25) is 9.69 Å². The molecule has 1 aliphatic heterocycles. The Morgan fingerprint density at radius 1 is 1.20 bits per heavy atom. The fourth-order valence-electron chi connectivity index (χ4n) is 1.67. The average molecular weight is 205 g/mol. The Bertz CT molecular complexity index is 295. The Labute approximate surface area is 91.9 Å². The monoisotopic (exact) mass is 205 g/mol. The number of hydrogen-bond acceptors (Lipinski definition) is 2. The van der Waals surface area contributed by atoms with Gasteiger partial charge in [0, 0.05) is 19.5 Å². The van der Waals surface area contributed by atoms with Crippen LogP contribution in [0.3, 0.4) is 0 Å². The lowest BCUT2D eigenvalue weighted by atomic mass is 10.2. The highest BCUT2D eigenvalue weighted by atomic mass is 16.1. The molecule has 0 spiro atoms. The first-order valence-corrected chi connectivity index (χ1v) is 5.62. The number of likely N-dealkylation sites (tertiary alicyclic amines) is 1. The van der Waals surface area contributed by atoms with Crippen molar-refractivity contribution in [3.8, 4) is 0 Å². The van der Waals surface area contributed by atoms with Crippen LogP contribution in [0.4, 0.5) is 0 Å². The van der Waals surface area contributed by atoms with E-state index in [1.807, 2.05) is 32.0 Å². The van der Waals surface area contributed by atoms with Crippen molar-refractivity contribution in [3.05, 3.63) is 35.9 Å². The molecule has 15 heavy (non-hydrogen) atoms. The van der Waals surface area contributed by atoms with Crippen LogP contribution in [0.1, 0.15) is 25.8 Å². The van der Waals surface area contributed by atoms with Gasteiger partial charge in [0.1, 0.15) is 5.78 Å². The molecule has 0 saturated carbocycles. The van der Waals surface area contributed by atoms with E-state index in [0.717, 1.165) is 19.5 Å². The lowest BCUT2D eigenvalue weighted by Gasteiger charge is -2.12. The van der Waals surface area contributed by atoms with Crippen molar-refractivity contribution in [3.63, 3.8) is 0 Å². The van der Waals surface area contributed by atoms with E-state index >= 15 is 0 Å². The van der Waals surface area contributed by atoms with E-state index in [-0.39, 0.29) is 0 Å². The molecule has 0 aliphatic carbocycles. The van der Waals surface area contributed by atoms with Gasteiger partial charge in [-0.05, 0) is 5.56 Å². The first kappa shape index (κ1) is 11.9. The number of carbonyl (C=O) groups is 1. The first-order chi connectivity index (χ1) is 7.34. The SMILES string of the molecule is CC.O=C1CCN(Cc2ccccc2)C1. The fourth-order valence-corrected chi connectivity index (χ4v) is 1.67. The number of nitrogens with zero attached hydrogens (tertiary/aromatic N) is 1. The van der Waals surface area contributed by atoms with Gasteiger partial charge in [0.25, 0.3) is 0 Å². The second kappa shape index (κ2) is 6.36. The van der Waals surface area contributed by atoms with Crippen LogP contribution in [0.5, 0.6) is 0 Å². The summed E-state index contributed by atoms with van der Waals surface area (Å²) >= 11 is 0. The quantitative estimate of drug-likeness (QED) is 0.739. The van der Waals surface area contributed by atoms with Crippen LogP contribution in [0.2, 0.25) is 0 Å². The molecule has 1 aromatic rings. The van der Waals surface area contributed by atoms with Gasteiger partial charge < -0.3 is 0 Å². The Hall–Kier alpha value is -1.15. The van der Waals surface area contributed by atoms with Crippen molar-refractivity contribution >= 4 is 5.78 Å². The third-order valence-corrected chi connectivity index (χ3v) is 2.36. The first-order valence-electron chi connectivity index (χ1n) is 5.62. The van der Waals surface area contributed by atoms with E-state index in [0.29, 0.717) is 12.3 Å². The van der Waals surface area contributed by atoms with Crippen LogP contribution in [0, 0.1) is 0 Å². The molecule has 1 saturated heterocycles. The molecule has 1 heterocycles. The average Bonchev–Trinajstić information content (AvgIpc) is 2.68. The van der Waals surface area contributed by atoms with Gasteiger partial charge >= 0.3 is 0 Å². The number of rotatable bonds is 2. The normalized spacial score (nSPS) is 16.0. The number of ketones is 1. The zero-order valence-electron chi connectivity index (χ0n) is 9.57. The third kappa shape index (κ3) is 3.84. The van der Waals surface area contributed by atoms with Crippen LogP contribution in [-0.4, -0.2) is 23.8 Å². The van der Waals surface area contributed by atoms with Gasteiger partial charge in [0.15, 0.2) is 0 Å². The molecular weight excluding hydrogens is 186 g/mol. The van der Waals surface area contributed by atoms with Crippen LogP contribution in [-0.2, 0) is 11.3 Å². The zero-order valence-corrected chi connectivity index (χ0v) is 9.57. The summed E-state index contributed by atoms with van der Waals surface area (Å²) in [6, 6.07) is 10.3. The highest BCUT2D eigenvalue weighted by molar-refractivity contribution is 5.82. The molecule has 2 heteroatoms. The standard InChI is InChI=1S/C11H13NO.C2H6/c13-11-6-7-12(9-11)8-10-4-2-1-3-5-10;1-2/h1-5H,6-9H2;1-2H3. The zero-order chi connectivity index (χ0) is 11.1. The largest absolute Gasteiger partial charge is 0.298 e. The number of Topliss-reactive ketones (excluding diaryl/α,β-unsaturated/α-hetero) is 1. The van der Waals surface area contributed by atoms with E-state index in [1.54, 1.807) is 0 Å². The maximum absolute atomic E-state index is 11.0. The second-order valence-corrected chi connectivity index (χ2v) is 3.48. The van der Waals surface area contributed by atoms with Crippen LogP contribution in [0.15, 0.2) is 30.3 Å². The molecule has 0 bridgehead atoms. The second-order valence-electron chi connectivity index (χ2n) is 3.48. The van der Waals surface area contributed by atoms with E-state index in [1.165, 1.54) is 5.56 Å². The summed E-state index contributed by atoms with van der Waals surface area (Å²) in [6.07, 6.45) is 0.729. The number of carbonyl (C=O) groups excluding carboxylic acids is 1. The van der Waals surface area contributed by atoms with E-state index in [2.05, 4.69) is 17.0 Å². The minimum atomic E-state index is 0.371. The predicted octanol–water partition coefficient (Wildman–Crippen LogP) is 2.49. The number of benzene rings is 1. The van der Waals surface area contributed by atoms with Gasteiger partial charge in [-0.25, -0.2) is 0 Å². The molecule has 2 nitrogen and oxygen atoms in total. The smallest absolute Gasteiger partial charge is 0.148 e. The van der Waals surface area contributed by atoms with Crippen LogP contribution < -0.4 is 0 Å². The predicted molar refractivity (Wildman–Crippen MR) is 62.7 cm³/mol. The fraction of sp³-hybridized carbons (Fsp3) is 0.462. The highest BCUT2D eigenvalue weighted by Gasteiger charge is 2.18. The summed E-state index contributed by atoms with van der Waals surface area (Å²) in [5.41, 5.74) is 1.29. The molecule has 0 unspecified atom stereocenters. The molecule has 1 fully saturated rings. The lowest BCUT2D eigenvalue weighted by molar-refractivity contribution is -0.116. The minimum Gasteiger partial charge on any atom is -0.298 e. The molecular formula is C13H19NO. The van der Waals surface area contributed by atoms with Crippen LogP contribution >= 0.6 is 0 Å². The molecule has 0 radical (unpaired) electrons. The lowest BCUT2D eigenvalue weighted by Crippen LogP contribution is -2.19. The van der Waals surface area contributed by atoms with E-state index in [9.17, 15) is 4.79 Å². The molecule has 2 rings (SSSR count). The van der Waals surface area contributed by atoms with Gasteiger partial charge in [-0.2, -0.15) is 0 Å². The highest BCUT2D eigenvalue weighted by Crippen LogP contribution is 2.09. The molecule has 0 atom stereocenters. The molecule has 0 amide bonds. The molecule has 0 aromatic heterocycles. The van der Waals surface area contributed by atoms with Gasteiger partial charge in [-0.1, -0.05) is 44.2 Å². The summed E-state index contributed by atoms with van der Waals surface area (Å²) in [7, 11) is 0. The molecule has 0 N–H and O–H groups in total. The maximum atomic E-state index is 11.0. The Morgan fingerprint density at radius 3 is 2.40 bits per heavy atom. The molecule has 1 aromatic carbocycles. The van der Waals surface area contributed by atoms with Crippen molar-refractivity contribution < 1.29 is 4.79 Å². The molecule has 1 aliphatic rings. The Balaban J connectivity index is 0.000000531. The maximum Gasteiger partial charge on any atom is 0.148 e. The van der Waals surface area contributed by atoms with Gasteiger partial charge in [0.05, 0.1) is 6.54 Å². The van der Waals surface area contributed by atoms with E-state index < -0.39 is 0 Å². The van der Waals surface area contributed by atoms with Gasteiger partial charge in [-0.15, -0.1) is 0 Å². The summed E-state index contributed by atoms with van der Waals surface area (Å²) in [6.45, 7) is 6.47. The van der Waals surface area contributed by atoms with Crippen molar-refractivity contribution in [2.24, 2.45) is 0 Å². The molecule has 82 valence electrons. The summed E-state index contributed by atoms with van der Waals surface area (Å²) in [5.74, 6) is 0.371. The topological polar surface area (TPSA) is 20.3 Å². The summed E-state index contributed by atoms with van der Waals surface area (Å²) in [4.78, 5) is 13.2. The number of hydrogen-bond donors (Lipinski definition) is 0. The van der Waals surface area contributed by atoms with Crippen molar-refractivity contribution in [2.75, 3.05) is 13.1 Å². The van der Waals surface area contributed by atoms with Crippen molar-refractivity contribution in [1.29, 1.82) is 0 Å². The Morgan fingerprint density at radius 2 is 1.87 bits per heavy atom. The van der Waals surface area contributed by atoms with Crippen molar-refractivity contribution in [1.82, 2.24) is 4.90 Å². The minimum absolute atomic E-state index is 0.371.